The maximum Gasteiger partial charge on any atom is 0.237 e. The lowest BCUT2D eigenvalue weighted by Crippen LogP contribution is -2.21. The summed E-state index contributed by atoms with van der Waals surface area (Å²) >= 11 is 0. The Morgan fingerprint density at radius 2 is 1.71 bits per heavy atom. The third-order valence-electron chi connectivity index (χ3n) is 3.24. The molecule has 0 saturated carbocycles. The van der Waals surface area contributed by atoms with E-state index in [1.807, 2.05) is 0 Å². The van der Waals surface area contributed by atoms with Crippen molar-refractivity contribution < 1.29 is 17.6 Å². The van der Waals surface area contributed by atoms with Crippen LogP contribution in [0.25, 0.3) is 0 Å². The Kier molecular flexibility index (Phi) is 3.47. The van der Waals surface area contributed by atoms with Crippen molar-refractivity contribution in [2.24, 2.45) is 5.16 Å². The summed E-state index contributed by atoms with van der Waals surface area (Å²) in [4.78, 5) is 5.28. The lowest BCUT2D eigenvalue weighted by molar-refractivity contribution is 0.140. The summed E-state index contributed by atoms with van der Waals surface area (Å²) in [7, 11) is -3.60. The second-order valence-electron chi connectivity index (χ2n) is 4.64. The maximum atomic E-state index is 12.9. The average molecular weight is 305 g/mol. The highest BCUT2D eigenvalue weighted by atomic mass is 32.2. The first-order valence-corrected chi connectivity index (χ1v) is 7.89. The lowest BCUT2D eigenvalue weighted by Gasteiger charge is -2.09. The molecular formula is C15H12FNO3S. The zero-order valence-corrected chi connectivity index (χ0v) is 11.8. The van der Waals surface area contributed by atoms with E-state index in [1.54, 1.807) is 30.3 Å². The molecule has 0 N–H and O–H groups in total. The van der Waals surface area contributed by atoms with Gasteiger partial charge in [0.2, 0.25) is 15.3 Å². The summed E-state index contributed by atoms with van der Waals surface area (Å²) < 4.78 is 37.7. The molecular weight excluding hydrogens is 293 g/mol. The Labute approximate surface area is 121 Å². The normalized spacial score (nSPS) is 18.1. The van der Waals surface area contributed by atoms with E-state index in [4.69, 9.17) is 4.84 Å². The molecule has 0 unspecified atom stereocenters. The molecule has 2 aromatic carbocycles. The molecule has 0 fully saturated rings. The van der Waals surface area contributed by atoms with Crippen LogP contribution >= 0.6 is 0 Å². The molecule has 0 saturated heterocycles. The van der Waals surface area contributed by atoms with Crippen molar-refractivity contribution in [2.75, 3.05) is 0 Å². The SMILES string of the molecule is O=S(=O)(c1ccccc1)[C@@H]1CC(c2ccc(F)cc2)=NO1. The van der Waals surface area contributed by atoms with Crippen LogP contribution in [-0.4, -0.2) is 19.6 Å². The summed E-state index contributed by atoms with van der Waals surface area (Å²) in [5, 5.41) is 3.82. The fourth-order valence-electron chi connectivity index (χ4n) is 2.10. The first-order valence-electron chi connectivity index (χ1n) is 6.35. The van der Waals surface area contributed by atoms with Crippen LogP contribution < -0.4 is 0 Å². The fraction of sp³-hybridized carbons (Fsp3) is 0.133. The van der Waals surface area contributed by atoms with E-state index < -0.39 is 15.3 Å². The maximum absolute atomic E-state index is 12.9. The van der Waals surface area contributed by atoms with Crippen LogP contribution in [0.4, 0.5) is 4.39 Å². The van der Waals surface area contributed by atoms with E-state index in [2.05, 4.69) is 5.16 Å². The van der Waals surface area contributed by atoms with E-state index in [0.29, 0.717) is 11.3 Å². The zero-order chi connectivity index (χ0) is 14.9. The number of halogens is 1. The molecule has 0 amide bonds. The predicted molar refractivity (Wildman–Crippen MR) is 76.1 cm³/mol. The molecule has 0 radical (unpaired) electrons. The lowest BCUT2D eigenvalue weighted by atomic mass is 10.1. The van der Waals surface area contributed by atoms with Gasteiger partial charge in [0.25, 0.3) is 0 Å². The van der Waals surface area contributed by atoms with Gasteiger partial charge in [0.15, 0.2) is 0 Å². The van der Waals surface area contributed by atoms with Crippen molar-refractivity contribution in [3.63, 3.8) is 0 Å². The molecule has 0 aliphatic carbocycles. The quantitative estimate of drug-likeness (QED) is 0.876. The Hall–Kier alpha value is -2.21. The van der Waals surface area contributed by atoms with Crippen LogP contribution in [0.15, 0.2) is 64.6 Å². The number of nitrogens with zero attached hydrogens (tertiary/aromatic N) is 1. The summed E-state index contributed by atoms with van der Waals surface area (Å²) in [5.41, 5.74) is 0.113. The van der Waals surface area contributed by atoms with Gasteiger partial charge in [0, 0.05) is 6.42 Å². The van der Waals surface area contributed by atoms with Gasteiger partial charge in [-0.05, 0) is 29.8 Å². The van der Waals surface area contributed by atoms with Gasteiger partial charge in [-0.3, -0.25) is 0 Å². The first kappa shape index (κ1) is 13.8. The molecule has 1 aliphatic heterocycles. The van der Waals surface area contributed by atoms with Crippen LogP contribution in [0, 0.1) is 5.82 Å². The van der Waals surface area contributed by atoms with Gasteiger partial charge in [0.1, 0.15) is 5.82 Å². The van der Waals surface area contributed by atoms with Crippen LogP contribution in [0.5, 0.6) is 0 Å². The van der Waals surface area contributed by atoms with Gasteiger partial charge in [-0.2, -0.15) is 0 Å². The minimum Gasteiger partial charge on any atom is -0.375 e. The largest absolute Gasteiger partial charge is 0.375 e. The Morgan fingerprint density at radius 3 is 2.38 bits per heavy atom. The summed E-state index contributed by atoms with van der Waals surface area (Å²) in [6, 6.07) is 13.8. The number of hydrogen-bond acceptors (Lipinski definition) is 4. The topological polar surface area (TPSA) is 55.7 Å². The van der Waals surface area contributed by atoms with Crippen molar-refractivity contribution >= 4 is 15.5 Å². The van der Waals surface area contributed by atoms with E-state index in [1.165, 1.54) is 24.3 Å². The van der Waals surface area contributed by atoms with Gasteiger partial charge >= 0.3 is 0 Å². The molecule has 3 rings (SSSR count). The van der Waals surface area contributed by atoms with Crippen molar-refractivity contribution in [2.45, 2.75) is 16.8 Å². The molecule has 4 nitrogen and oxygen atoms in total. The first-order chi connectivity index (χ1) is 10.1. The third-order valence-corrected chi connectivity index (χ3v) is 5.11. The summed E-state index contributed by atoms with van der Waals surface area (Å²) in [6.07, 6.45) is 0.142. The summed E-state index contributed by atoms with van der Waals surface area (Å²) in [5.74, 6) is -0.355. The van der Waals surface area contributed by atoms with Crippen LogP contribution in [0.2, 0.25) is 0 Å². The monoisotopic (exact) mass is 305 g/mol. The highest BCUT2D eigenvalue weighted by molar-refractivity contribution is 7.92. The molecule has 0 bridgehead atoms. The number of oxime groups is 1. The average Bonchev–Trinajstić information content (AvgIpc) is 2.99. The predicted octanol–water partition coefficient (Wildman–Crippen LogP) is 2.75. The molecule has 1 atom stereocenters. The van der Waals surface area contributed by atoms with Crippen LogP contribution in [-0.2, 0) is 14.7 Å². The fourth-order valence-corrected chi connectivity index (χ4v) is 3.47. The van der Waals surface area contributed by atoms with Crippen molar-refractivity contribution in [1.29, 1.82) is 0 Å². The van der Waals surface area contributed by atoms with E-state index in [-0.39, 0.29) is 17.1 Å². The molecule has 1 heterocycles. The van der Waals surface area contributed by atoms with E-state index in [0.717, 1.165) is 0 Å². The zero-order valence-electron chi connectivity index (χ0n) is 10.9. The molecule has 0 spiro atoms. The minimum atomic E-state index is -3.60. The highest BCUT2D eigenvalue weighted by Crippen LogP contribution is 2.25. The molecule has 21 heavy (non-hydrogen) atoms. The Balaban J connectivity index is 1.82. The molecule has 0 aromatic heterocycles. The van der Waals surface area contributed by atoms with Crippen LogP contribution in [0.3, 0.4) is 0 Å². The highest BCUT2D eigenvalue weighted by Gasteiger charge is 2.35. The smallest absolute Gasteiger partial charge is 0.237 e. The molecule has 2 aromatic rings. The van der Waals surface area contributed by atoms with Gasteiger partial charge < -0.3 is 4.84 Å². The number of hydrogen-bond donors (Lipinski definition) is 0. The molecule has 108 valence electrons. The van der Waals surface area contributed by atoms with Crippen molar-refractivity contribution in [3.8, 4) is 0 Å². The molecule has 6 heteroatoms. The third kappa shape index (κ3) is 2.67. The van der Waals surface area contributed by atoms with Gasteiger partial charge in [0.05, 0.1) is 10.6 Å². The molecule has 1 aliphatic rings. The van der Waals surface area contributed by atoms with E-state index >= 15 is 0 Å². The second kappa shape index (κ2) is 5.29. The van der Waals surface area contributed by atoms with Crippen molar-refractivity contribution in [1.82, 2.24) is 0 Å². The van der Waals surface area contributed by atoms with E-state index in [9.17, 15) is 12.8 Å². The minimum absolute atomic E-state index is 0.142. The van der Waals surface area contributed by atoms with Gasteiger partial charge in [-0.1, -0.05) is 35.5 Å². The van der Waals surface area contributed by atoms with Gasteiger partial charge in [-0.25, -0.2) is 12.8 Å². The Morgan fingerprint density at radius 1 is 1.05 bits per heavy atom. The number of benzene rings is 2. The second-order valence-corrected chi connectivity index (χ2v) is 6.73. The van der Waals surface area contributed by atoms with Crippen molar-refractivity contribution in [3.05, 3.63) is 66.0 Å². The van der Waals surface area contributed by atoms with Gasteiger partial charge in [-0.15, -0.1) is 0 Å². The standard InChI is InChI=1S/C15H12FNO3S/c16-12-8-6-11(7-9-12)14-10-15(20-17-14)21(18,19)13-4-2-1-3-5-13/h1-9,15H,10H2/t15-/m1/s1. The summed E-state index contributed by atoms with van der Waals surface area (Å²) in [6.45, 7) is 0. The number of rotatable bonds is 3. The number of sulfone groups is 1. The Bertz CT molecular complexity index is 770. The van der Waals surface area contributed by atoms with Crippen LogP contribution in [0.1, 0.15) is 12.0 Å².